The molecule has 9 N–H and O–H groups in total. The van der Waals surface area contributed by atoms with Crippen LogP contribution in [-0.2, 0) is 10.0 Å². The molecule has 0 spiro atoms. The molecule has 388 valence electrons. The van der Waals surface area contributed by atoms with E-state index >= 15 is 0 Å². The third-order valence-electron chi connectivity index (χ3n) is 10.8. The lowest BCUT2D eigenvalue weighted by Gasteiger charge is -2.09. The molecule has 0 saturated carbocycles. The molecule has 0 atom stereocenters. The van der Waals surface area contributed by atoms with Crippen LogP contribution in [0.15, 0.2) is 139 Å². The topological polar surface area (TPSA) is 272 Å². The molecule has 0 unspecified atom stereocenters. The molecule has 8 aromatic heterocycles. The molecule has 23 heteroatoms. The number of aliphatic hydroxyl groups is 1. The number of H-pyrrole nitrogens is 3. The minimum atomic E-state index is -3.89. The van der Waals surface area contributed by atoms with E-state index < -0.39 is 17.4 Å². The van der Waals surface area contributed by atoms with E-state index in [-0.39, 0.29) is 15.8 Å². The number of nitrogens with zero attached hydrogens (tertiary/aromatic N) is 9. The fourth-order valence-electron chi connectivity index (χ4n) is 7.30. The second-order valence-corrected chi connectivity index (χ2v) is 27.3. The lowest BCUT2D eigenvalue weighted by atomic mass is 10.1. The molecule has 0 fully saturated rings. The molecule has 0 aliphatic rings. The van der Waals surface area contributed by atoms with Crippen LogP contribution in [-0.4, -0.2) is 101 Å². The summed E-state index contributed by atoms with van der Waals surface area (Å²) in [6.07, 6.45) is 15.9. The Hall–Kier alpha value is -7.95. The van der Waals surface area contributed by atoms with Crippen LogP contribution < -0.4 is 21.7 Å². The monoisotopic (exact) mass is 1080 g/mol. The molecule has 0 aliphatic heterocycles. The van der Waals surface area contributed by atoms with Gasteiger partial charge in [0, 0.05) is 91.2 Å². The van der Waals surface area contributed by atoms with Gasteiger partial charge in [-0.3, -0.25) is 20.2 Å². The molecule has 0 aliphatic carbocycles. The third kappa shape index (κ3) is 14.0. The highest BCUT2D eigenvalue weighted by Crippen LogP contribution is 2.37. The predicted octanol–water partition coefficient (Wildman–Crippen LogP) is 11.4. The first kappa shape index (κ1) is 54.8. The summed E-state index contributed by atoms with van der Waals surface area (Å²) in [6.45, 7) is 10.6. The van der Waals surface area contributed by atoms with Crippen molar-refractivity contribution in [1.82, 2.24) is 59.3 Å². The zero-order chi connectivity index (χ0) is 53.7. The number of rotatable bonds is 10. The molecular weight excluding hydrogens is 1030 g/mol. The van der Waals surface area contributed by atoms with Gasteiger partial charge in [-0.05, 0) is 109 Å². The van der Waals surface area contributed by atoms with Gasteiger partial charge in [-0.25, -0.2) is 17.4 Å². The van der Waals surface area contributed by atoms with Gasteiger partial charge >= 0.3 is 0 Å². The van der Waals surface area contributed by atoms with E-state index in [0.717, 1.165) is 89.1 Å². The third-order valence-corrected chi connectivity index (χ3v) is 12.7. The Labute approximate surface area is 444 Å². The van der Waals surface area contributed by atoms with Gasteiger partial charge < -0.3 is 31.8 Å². The quantitative estimate of drug-likeness (QED) is 0.0274. The maximum atomic E-state index is 13.3. The van der Waals surface area contributed by atoms with Crippen molar-refractivity contribution in [2.45, 2.75) is 51.2 Å². The van der Waals surface area contributed by atoms with E-state index in [9.17, 15) is 8.42 Å². The zero-order valence-corrected chi connectivity index (χ0v) is 45.7. The second kappa shape index (κ2) is 24.8. The minimum Gasteiger partial charge on any atom is -0.399 e. The number of hydrogen-bond acceptors (Lipinski definition) is 15. The van der Waals surface area contributed by atoms with Crippen LogP contribution in [0.5, 0.6) is 0 Å². The van der Waals surface area contributed by atoms with Crippen LogP contribution in [0.4, 0.5) is 29.0 Å². The number of aromatic nitrogens is 12. The van der Waals surface area contributed by atoms with Crippen molar-refractivity contribution in [3.63, 3.8) is 0 Å². The smallest absolute Gasteiger partial charge is 0.269 e. The molecule has 11 rings (SSSR count). The Morgan fingerprint density at radius 1 is 0.747 bits per heavy atom. The molecule has 0 saturated heterocycles. The average Bonchev–Trinajstić information content (AvgIpc) is 4.23. The predicted molar refractivity (Wildman–Crippen MR) is 307 cm³/mol. The number of pyridine rings is 2. The lowest BCUT2D eigenvalue weighted by molar-refractivity contribution is 0.287. The molecule has 0 bridgehead atoms. The largest absolute Gasteiger partial charge is 0.399 e. The number of nitrogens with one attached hydrogen (secondary N) is 6. The maximum absolute atomic E-state index is 13.3. The second-order valence-electron chi connectivity index (χ2n) is 17.6. The maximum Gasteiger partial charge on any atom is 0.269 e. The average molecular weight is 1090 g/mol. The van der Waals surface area contributed by atoms with Crippen LogP contribution >= 0.6 is 22.7 Å². The van der Waals surface area contributed by atoms with E-state index in [1.807, 2.05) is 68.7 Å². The summed E-state index contributed by atoms with van der Waals surface area (Å²) < 4.78 is 27.8. The molecule has 3 aromatic carbocycles. The summed E-state index contributed by atoms with van der Waals surface area (Å²) in [6, 6.07) is 25.8. The SMILES string of the molecule is CCCCO.CNc1nc(Cl)nc2c1c(-c1ccncc1)cn2S(=O)(=O)c1ccc(C)cc1.CNc1nc(Nc2ccc3cn[nH]c3c2)nc2[nH]cc(-c3ccncc3)c12.C[Si](C)(C)Cl.Nc1ccc2cn[nH]c2c1. The van der Waals surface area contributed by atoms with Crippen molar-refractivity contribution in [2.24, 2.45) is 0 Å². The Bertz CT molecular complexity index is 3730. The number of unbranched alkanes of at least 4 members (excludes halogenated alkanes) is 1. The molecule has 0 radical (unpaired) electrons. The highest BCUT2D eigenvalue weighted by atomic mass is 35.6. The Balaban J connectivity index is 0.000000161. The van der Waals surface area contributed by atoms with Gasteiger partial charge in [-0.1, -0.05) is 50.7 Å². The van der Waals surface area contributed by atoms with E-state index in [0.29, 0.717) is 29.3 Å². The number of fused-ring (bicyclic) bond motifs is 4. The first-order valence-corrected chi connectivity index (χ1v) is 30.0. The molecule has 8 heterocycles. The van der Waals surface area contributed by atoms with Crippen LogP contribution in [0.1, 0.15) is 25.3 Å². The standard InChI is InChI=1S/C19H16ClN5O2S.C19H16N8.C7H7N3.C4H10O.C3H9ClSi/c1-12-3-5-14(6-4-12)28(26,27)25-11-15(13-7-9-22-10-8-13)16-17(21-2)23-19(20)24-18(16)25;1-20-17-16-14(11-4-6-21-7-5-11)10-22-18(16)26-19(25-17)24-13-3-2-12-9-23-27-15(12)8-13;8-6-2-1-5-4-9-10-7(5)3-6;1-2-3-4-5;1-5(2,3)4/h3-11H,1-2H3,(H,21,23,24);2-10H,1H3,(H,23,27)(H3,20,22,24,25,26);1-4H,8H2,(H,9,10);5H,2-4H2,1H3;1-3H3. The van der Waals surface area contributed by atoms with Gasteiger partial charge in [0.2, 0.25) is 11.2 Å². The van der Waals surface area contributed by atoms with E-state index in [1.165, 1.54) is 0 Å². The highest BCUT2D eigenvalue weighted by Gasteiger charge is 2.26. The van der Waals surface area contributed by atoms with Gasteiger partial charge in [0.1, 0.15) is 24.7 Å². The number of nitrogen functional groups attached to an aromatic ring is 1. The van der Waals surface area contributed by atoms with Gasteiger partial charge in [-0.15, -0.1) is 0 Å². The normalized spacial score (nSPS) is 11.1. The molecule has 11 aromatic rings. The molecular formula is C52H58Cl2N16O3SSi. The molecule has 0 amide bonds. The number of benzene rings is 3. The highest BCUT2D eigenvalue weighted by molar-refractivity contribution is 7.90. The summed E-state index contributed by atoms with van der Waals surface area (Å²) in [5, 5.41) is 34.8. The number of hydrogen-bond donors (Lipinski definition) is 8. The number of halogens is 2. The zero-order valence-electron chi connectivity index (χ0n) is 42.4. The van der Waals surface area contributed by atoms with Gasteiger partial charge in [0.25, 0.3) is 10.0 Å². The van der Waals surface area contributed by atoms with Crippen LogP contribution in [0.2, 0.25) is 24.9 Å². The fourth-order valence-corrected chi connectivity index (χ4v) is 8.77. The Kier molecular flexibility index (Phi) is 18.2. The van der Waals surface area contributed by atoms with E-state index in [1.54, 1.807) is 86.8 Å². The molecule has 19 nitrogen and oxygen atoms in total. The summed E-state index contributed by atoms with van der Waals surface area (Å²) >= 11 is 11.7. The minimum absolute atomic E-state index is 0.0448. The first-order valence-electron chi connectivity index (χ1n) is 23.7. The van der Waals surface area contributed by atoms with E-state index in [4.69, 9.17) is 33.5 Å². The first-order chi connectivity index (χ1) is 36.0. The number of aryl methyl sites for hydroxylation is 1. The van der Waals surface area contributed by atoms with Crippen molar-refractivity contribution in [3.8, 4) is 22.3 Å². The van der Waals surface area contributed by atoms with Crippen molar-refractivity contribution in [3.05, 3.63) is 145 Å². The van der Waals surface area contributed by atoms with E-state index in [2.05, 4.69) is 97.8 Å². The van der Waals surface area contributed by atoms with Crippen molar-refractivity contribution in [2.75, 3.05) is 42.4 Å². The van der Waals surface area contributed by atoms with Crippen molar-refractivity contribution in [1.29, 1.82) is 0 Å². The summed E-state index contributed by atoms with van der Waals surface area (Å²) in [7, 11) is -1.48. The lowest BCUT2D eigenvalue weighted by Crippen LogP contribution is -2.13. The number of aromatic amines is 3. The van der Waals surface area contributed by atoms with Gasteiger partial charge in [0.15, 0.2) is 5.65 Å². The van der Waals surface area contributed by atoms with Crippen molar-refractivity contribution >= 4 is 113 Å². The number of aliphatic hydroxyl groups excluding tert-OH is 1. The Morgan fingerprint density at radius 2 is 1.32 bits per heavy atom. The summed E-state index contributed by atoms with van der Waals surface area (Å²) in [5.74, 6) is 1.70. The van der Waals surface area contributed by atoms with Crippen molar-refractivity contribution < 1.29 is 13.5 Å². The van der Waals surface area contributed by atoms with Crippen LogP contribution in [0.25, 0.3) is 66.1 Å². The number of anilines is 5. The van der Waals surface area contributed by atoms with Crippen LogP contribution in [0.3, 0.4) is 0 Å². The fraction of sp³-hybridized carbons (Fsp3) is 0.192. The number of nitrogens with two attached hydrogens (primary N) is 1. The van der Waals surface area contributed by atoms with Gasteiger partial charge in [0.05, 0.1) is 39.1 Å². The summed E-state index contributed by atoms with van der Waals surface area (Å²) in [4.78, 5) is 29.2. The summed E-state index contributed by atoms with van der Waals surface area (Å²) in [5.41, 5.74) is 14.6. The van der Waals surface area contributed by atoms with Gasteiger partial charge in [-0.2, -0.15) is 36.2 Å². The van der Waals surface area contributed by atoms with Crippen LogP contribution in [0, 0.1) is 6.92 Å². The molecule has 75 heavy (non-hydrogen) atoms. The Morgan fingerprint density at radius 3 is 1.89 bits per heavy atom.